The molecular formula is C14H23NO5. The molecule has 1 aliphatic heterocycles. The van der Waals surface area contributed by atoms with Crippen LogP contribution in [0.25, 0.3) is 0 Å². The summed E-state index contributed by atoms with van der Waals surface area (Å²) in [4.78, 5) is 24.7. The number of aliphatic carboxylic acids is 1. The zero-order valence-corrected chi connectivity index (χ0v) is 11.8. The number of rotatable bonds is 4. The number of ether oxygens (including phenoxy) is 2. The molecule has 6 heteroatoms. The first kappa shape index (κ1) is 15.1. The minimum atomic E-state index is -1.04. The Morgan fingerprint density at radius 3 is 2.45 bits per heavy atom. The molecule has 0 unspecified atom stereocenters. The summed E-state index contributed by atoms with van der Waals surface area (Å²) in [5.74, 6) is -0.681. The summed E-state index contributed by atoms with van der Waals surface area (Å²) in [6.07, 6.45) is 4.48. The number of morpholine rings is 1. The molecule has 0 aromatic rings. The highest BCUT2D eigenvalue weighted by Gasteiger charge is 2.29. The van der Waals surface area contributed by atoms with Crippen molar-refractivity contribution in [2.24, 2.45) is 5.92 Å². The van der Waals surface area contributed by atoms with Crippen LogP contribution in [0.5, 0.6) is 0 Å². The van der Waals surface area contributed by atoms with Crippen molar-refractivity contribution < 1.29 is 24.2 Å². The summed E-state index contributed by atoms with van der Waals surface area (Å²) in [5.41, 5.74) is 0. The van der Waals surface area contributed by atoms with Gasteiger partial charge in [-0.05, 0) is 12.3 Å². The summed E-state index contributed by atoms with van der Waals surface area (Å²) < 4.78 is 10.3. The normalized spacial score (nSPS) is 22.3. The number of hydrogen-bond donors (Lipinski definition) is 1. The Kier molecular flexibility index (Phi) is 5.64. The van der Waals surface area contributed by atoms with Crippen LogP contribution in [0.2, 0.25) is 0 Å². The largest absolute Gasteiger partial charge is 0.479 e. The van der Waals surface area contributed by atoms with Crippen molar-refractivity contribution >= 4 is 12.1 Å². The molecule has 0 bridgehead atoms. The van der Waals surface area contributed by atoms with E-state index in [1.165, 1.54) is 11.3 Å². The lowest BCUT2D eigenvalue weighted by Crippen LogP contribution is -2.43. The second kappa shape index (κ2) is 7.47. The summed E-state index contributed by atoms with van der Waals surface area (Å²) in [6, 6.07) is 0. The fourth-order valence-electron chi connectivity index (χ4n) is 2.87. The van der Waals surface area contributed by atoms with Gasteiger partial charge in [0, 0.05) is 13.1 Å². The molecule has 6 nitrogen and oxygen atoms in total. The molecule has 1 amide bonds. The average Bonchev–Trinajstić information content (AvgIpc) is 2.48. The molecule has 1 saturated carbocycles. The fourth-order valence-corrected chi connectivity index (χ4v) is 2.87. The zero-order valence-electron chi connectivity index (χ0n) is 11.8. The topological polar surface area (TPSA) is 76.1 Å². The van der Waals surface area contributed by atoms with Gasteiger partial charge >= 0.3 is 12.1 Å². The number of carboxylic acid groups (broad SMARTS) is 1. The second-order valence-electron chi connectivity index (χ2n) is 5.55. The highest BCUT2D eigenvalue weighted by Crippen LogP contribution is 2.28. The molecule has 0 radical (unpaired) electrons. The van der Waals surface area contributed by atoms with Gasteiger partial charge in [0.15, 0.2) is 0 Å². The lowest BCUT2D eigenvalue weighted by molar-refractivity contribution is -0.148. The maximum Gasteiger partial charge on any atom is 0.410 e. The molecule has 2 aliphatic rings. The Labute approximate surface area is 119 Å². The summed E-state index contributed by atoms with van der Waals surface area (Å²) in [7, 11) is 0. The molecule has 1 heterocycles. The highest BCUT2D eigenvalue weighted by molar-refractivity contribution is 5.77. The van der Waals surface area contributed by atoms with Crippen LogP contribution in [0, 0.1) is 5.92 Å². The van der Waals surface area contributed by atoms with Gasteiger partial charge in [-0.15, -0.1) is 0 Å². The third-order valence-electron chi connectivity index (χ3n) is 4.06. The maximum absolute atomic E-state index is 11.9. The van der Waals surface area contributed by atoms with E-state index in [0.717, 1.165) is 25.7 Å². The first-order chi connectivity index (χ1) is 9.66. The van der Waals surface area contributed by atoms with Gasteiger partial charge in [0.1, 0.15) is 0 Å². The van der Waals surface area contributed by atoms with Crippen molar-refractivity contribution in [3.8, 4) is 0 Å². The predicted molar refractivity (Wildman–Crippen MR) is 71.5 cm³/mol. The molecule has 1 N–H and O–H groups in total. The smallest absolute Gasteiger partial charge is 0.410 e. The monoisotopic (exact) mass is 285 g/mol. The average molecular weight is 285 g/mol. The van der Waals surface area contributed by atoms with Crippen LogP contribution in [0.15, 0.2) is 0 Å². The molecule has 2 fully saturated rings. The molecule has 0 aromatic carbocycles. The molecule has 0 spiro atoms. The van der Waals surface area contributed by atoms with E-state index in [1.54, 1.807) is 0 Å². The van der Waals surface area contributed by atoms with E-state index in [-0.39, 0.29) is 0 Å². The van der Waals surface area contributed by atoms with Gasteiger partial charge in [0.05, 0.1) is 13.2 Å². The van der Waals surface area contributed by atoms with Gasteiger partial charge in [0.2, 0.25) is 6.10 Å². The van der Waals surface area contributed by atoms with Gasteiger partial charge in [-0.1, -0.05) is 32.1 Å². The standard InChI is InChI=1S/C14H23NO5/c16-13(17)12(10-11-4-2-1-3-5-11)20-14(18)15-6-8-19-9-7-15/h11-12H,1-10H2,(H,16,17)/t12-/m0/s1. The van der Waals surface area contributed by atoms with Crippen LogP contribution in [0.4, 0.5) is 4.79 Å². The molecule has 114 valence electrons. The third-order valence-corrected chi connectivity index (χ3v) is 4.06. The molecule has 20 heavy (non-hydrogen) atoms. The van der Waals surface area contributed by atoms with Gasteiger partial charge < -0.3 is 19.5 Å². The molecule has 1 saturated heterocycles. The van der Waals surface area contributed by atoms with E-state index in [0.29, 0.717) is 38.6 Å². The quantitative estimate of drug-likeness (QED) is 0.853. The number of carboxylic acids is 1. The van der Waals surface area contributed by atoms with E-state index >= 15 is 0 Å². The Bertz CT molecular complexity index is 334. The first-order valence-electron chi connectivity index (χ1n) is 7.43. The van der Waals surface area contributed by atoms with Crippen molar-refractivity contribution in [3.05, 3.63) is 0 Å². The van der Waals surface area contributed by atoms with Crippen molar-refractivity contribution in [3.63, 3.8) is 0 Å². The number of hydrogen-bond acceptors (Lipinski definition) is 4. The first-order valence-corrected chi connectivity index (χ1v) is 7.43. The van der Waals surface area contributed by atoms with Crippen LogP contribution < -0.4 is 0 Å². The van der Waals surface area contributed by atoms with Crippen LogP contribution in [-0.4, -0.2) is 54.5 Å². The summed E-state index contributed by atoms with van der Waals surface area (Å²) in [6.45, 7) is 1.90. The van der Waals surface area contributed by atoms with Crippen LogP contribution in [0.3, 0.4) is 0 Å². The van der Waals surface area contributed by atoms with E-state index in [1.807, 2.05) is 0 Å². The minimum absolute atomic E-state index is 0.363. The Balaban J connectivity index is 1.84. The molecular weight excluding hydrogens is 262 g/mol. The third kappa shape index (κ3) is 4.37. The fraction of sp³-hybridized carbons (Fsp3) is 0.857. The lowest BCUT2D eigenvalue weighted by atomic mass is 9.85. The predicted octanol–water partition coefficient (Wildman–Crippen LogP) is 1.88. The lowest BCUT2D eigenvalue weighted by Gasteiger charge is -2.29. The SMILES string of the molecule is O=C(O)[C@H](CC1CCCCC1)OC(=O)N1CCOCC1. The Hall–Kier alpha value is -1.30. The second-order valence-corrected chi connectivity index (χ2v) is 5.55. The van der Waals surface area contributed by atoms with E-state index in [9.17, 15) is 14.7 Å². The number of amides is 1. The minimum Gasteiger partial charge on any atom is -0.479 e. The van der Waals surface area contributed by atoms with Crippen molar-refractivity contribution in [2.45, 2.75) is 44.6 Å². The number of carbonyl (C=O) groups is 2. The van der Waals surface area contributed by atoms with Gasteiger partial charge in [0.25, 0.3) is 0 Å². The van der Waals surface area contributed by atoms with Gasteiger partial charge in [-0.25, -0.2) is 9.59 Å². The van der Waals surface area contributed by atoms with E-state index in [4.69, 9.17) is 9.47 Å². The van der Waals surface area contributed by atoms with Crippen LogP contribution >= 0.6 is 0 Å². The van der Waals surface area contributed by atoms with E-state index < -0.39 is 18.2 Å². The molecule has 0 aromatic heterocycles. The Morgan fingerprint density at radius 2 is 1.85 bits per heavy atom. The van der Waals surface area contributed by atoms with Gasteiger partial charge in [-0.3, -0.25) is 0 Å². The van der Waals surface area contributed by atoms with Crippen molar-refractivity contribution in [2.75, 3.05) is 26.3 Å². The van der Waals surface area contributed by atoms with Crippen LogP contribution in [0.1, 0.15) is 38.5 Å². The molecule has 1 atom stereocenters. The van der Waals surface area contributed by atoms with Crippen molar-refractivity contribution in [1.82, 2.24) is 4.90 Å². The Morgan fingerprint density at radius 1 is 1.20 bits per heavy atom. The maximum atomic E-state index is 11.9. The van der Waals surface area contributed by atoms with Crippen molar-refractivity contribution in [1.29, 1.82) is 0 Å². The number of carbonyl (C=O) groups excluding carboxylic acids is 1. The van der Waals surface area contributed by atoms with E-state index in [2.05, 4.69) is 0 Å². The van der Waals surface area contributed by atoms with Crippen LogP contribution in [-0.2, 0) is 14.3 Å². The zero-order chi connectivity index (χ0) is 14.4. The molecule has 2 rings (SSSR count). The summed E-state index contributed by atoms with van der Waals surface area (Å²) in [5, 5.41) is 9.23. The summed E-state index contributed by atoms with van der Waals surface area (Å²) >= 11 is 0. The highest BCUT2D eigenvalue weighted by atomic mass is 16.6. The molecule has 1 aliphatic carbocycles. The van der Waals surface area contributed by atoms with Gasteiger partial charge in [-0.2, -0.15) is 0 Å². The number of nitrogens with zero attached hydrogens (tertiary/aromatic N) is 1.